The summed E-state index contributed by atoms with van der Waals surface area (Å²) in [4.78, 5) is 20.1. The van der Waals surface area contributed by atoms with Gasteiger partial charge in [0.2, 0.25) is 0 Å². The third-order valence-corrected chi connectivity index (χ3v) is 2.71. The van der Waals surface area contributed by atoms with Gasteiger partial charge in [0.15, 0.2) is 0 Å². The molecule has 5 nitrogen and oxygen atoms in total. The van der Waals surface area contributed by atoms with E-state index >= 15 is 0 Å². The van der Waals surface area contributed by atoms with Crippen molar-refractivity contribution in [3.63, 3.8) is 0 Å². The van der Waals surface area contributed by atoms with Crippen molar-refractivity contribution >= 4 is 11.7 Å². The molecule has 0 saturated heterocycles. The van der Waals surface area contributed by atoms with Crippen LogP contribution in [-0.2, 0) is 0 Å². The van der Waals surface area contributed by atoms with E-state index in [1.54, 1.807) is 30.3 Å². The Morgan fingerprint density at radius 2 is 2.06 bits per heavy atom. The molecule has 1 heterocycles. The Labute approximate surface area is 109 Å². The molecule has 0 saturated carbocycles. The molecule has 0 aliphatic rings. The van der Waals surface area contributed by atoms with Crippen LogP contribution in [0.1, 0.15) is 16.8 Å². The fraction of sp³-hybridized carbons (Fsp3) is 0.538. The van der Waals surface area contributed by atoms with Gasteiger partial charge in [-0.05, 0) is 39.2 Å². The van der Waals surface area contributed by atoms with Crippen molar-refractivity contribution in [2.45, 2.75) is 6.42 Å². The molecule has 0 aromatic carbocycles. The minimum atomic E-state index is 0.0349. The van der Waals surface area contributed by atoms with E-state index in [0.717, 1.165) is 19.5 Å². The van der Waals surface area contributed by atoms with Crippen LogP contribution >= 0.6 is 0 Å². The quantitative estimate of drug-likeness (QED) is 0.822. The van der Waals surface area contributed by atoms with Crippen LogP contribution in [0.5, 0.6) is 0 Å². The van der Waals surface area contributed by atoms with Crippen molar-refractivity contribution in [1.82, 2.24) is 14.8 Å². The number of nitrogens with one attached hydrogen (secondary N) is 1. The fourth-order valence-electron chi connectivity index (χ4n) is 1.65. The molecule has 1 N–H and O–H groups in total. The number of hydrogen-bond acceptors (Lipinski definition) is 4. The number of hydrogen-bond donors (Lipinski definition) is 1. The Balaban J connectivity index is 2.56. The van der Waals surface area contributed by atoms with Gasteiger partial charge in [-0.15, -0.1) is 0 Å². The highest BCUT2D eigenvalue weighted by atomic mass is 16.2. The molecule has 1 aromatic rings. The van der Waals surface area contributed by atoms with Crippen LogP contribution < -0.4 is 5.32 Å². The molecule has 18 heavy (non-hydrogen) atoms. The van der Waals surface area contributed by atoms with Crippen LogP contribution in [0.2, 0.25) is 0 Å². The van der Waals surface area contributed by atoms with E-state index in [1.165, 1.54) is 0 Å². The van der Waals surface area contributed by atoms with E-state index in [9.17, 15) is 4.79 Å². The number of carbonyl (C=O) groups is 1. The SMILES string of the molecule is CNc1cc(C(=O)N(C)CCCN(C)C)ccn1. The Morgan fingerprint density at radius 1 is 1.33 bits per heavy atom. The first kappa shape index (κ1) is 14.4. The van der Waals surface area contributed by atoms with E-state index in [4.69, 9.17) is 0 Å². The predicted molar refractivity (Wildman–Crippen MR) is 73.9 cm³/mol. The highest BCUT2D eigenvalue weighted by Gasteiger charge is 2.11. The normalized spacial score (nSPS) is 10.5. The van der Waals surface area contributed by atoms with E-state index in [-0.39, 0.29) is 5.91 Å². The third kappa shape index (κ3) is 4.33. The van der Waals surface area contributed by atoms with Crippen molar-refractivity contribution in [3.05, 3.63) is 23.9 Å². The van der Waals surface area contributed by atoms with Crippen LogP contribution in [0.25, 0.3) is 0 Å². The summed E-state index contributed by atoms with van der Waals surface area (Å²) >= 11 is 0. The molecular weight excluding hydrogens is 228 g/mol. The van der Waals surface area contributed by atoms with Gasteiger partial charge in [0, 0.05) is 32.4 Å². The maximum atomic E-state index is 12.1. The van der Waals surface area contributed by atoms with Gasteiger partial charge in [-0.2, -0.15) is 0 Å². The smallest absolute Gasteiger partial charge is 0.253 e. The van der Waals surface area contributed by atoms with Gasteiger partial charge >= 0.3 is 0 Å². The molecular formula is C13H22N4O. The lowest BCUT2D eigenvalue weighted by atomic mass is 10.2. The number of pyridine rings is 1. The zero-order valence-electron chi connectivity index (χ0n) is 11.6. The summed E-state index contributed by atoms with van der Waals surface area (Å²) in [5, 5.41) is 2.93. The molecule has 0 aliphatic heterocycles. The zero-order valence-corrected chi connectivity index (χ0v) is 11.6. The zero-order chi connectivity index (χ0) is 13.5. The topological polar surface area (TPSA) is 48.5 Å². The minimum absolute atomic E-state index is 0.0349. The molecule has 0 unspecified atom stereocenters. The highest BCUT2D eigenvalue weighted by Crippen LogP contribution is 2.08. The molecule has 100 valence electrons. The lowest BCUT2D eigenvalue weighted by Crippen LogP contribution is -2.29. The van der Waals surface area contributed by atoms with E-state index in [0.29, 0.717) is 11.4 Å². The fourth-order valence-corrected chi connectivity index (χ4v) is 1.65. The first-order chi connectivity index (χ1) is 8.54. The van der Waals surface area contributed by atoms with Crippen LogP contribution in [0, 0.1) is 0 Å². The second-order valence-corrected chi connectivity index (χ2v) is 4.56. The Bertz CT molecular complexity index is 392. The maximum absolute atomic E-state index is 12.1. The average Bonchev–Trinajstić information content (AvgIpc) is 2.37. The largest absolute Gasteiger partial charge is 0.373 e. The molecule has 0 spiro atoms. The summed E-state index contributed by atoms with van der Waals surface area (Å²) < 4.78 is 0. The summed E-state index contributed by atoms with van der Waals surface area (Å²) in [5.41, 5.74) is 0.668. The van der Waals surface area contributed by atoms with Gasteiger partial charge in [-0.25, -0.2) is 4.98 Å². The minimum Gasteiger partial charge on any atom is -0.373 e. The van der Waals surface area contributed by atoms with Crippen LogP contribution in [0.4, 0.5) is 5.82 Å². The summed E-state index contributed by atoms with van der Waals surface area (Å²) in [6.07, 6.45) is 2.62. The Hall–Kier alpha value is -1.62. The molecule has 1 aromatic heterocycles. The van der Waals surface area contributed by atoms with Gasteiger partial charge in [-0.1, -0.05) is 0 Å². The van der Waals surface area contributed by atoms with Crippen molar-refractivity contribution < 1.29 is 4.79 Å². The van der Waals surface area contributed by atoms with Crippen LogP contribution in [-0.4, -0.2) is 62.0 Å². The van der Waals surface area contributed by atoms with Gasteiger partial charge in [0.1, 0.15) is 5.82 Å². The van der Waals surface area contributed by atoms with Crippen LogP contribution in [0.15, 0.2) is 18.3 Å². The maximum Gasteiger partial charge on any atom is 0.253 e. The molecule has 0 radical (unpaired) electrons. The molecule has 5 heteroatoms. The standard InChI is InChI=1S/C13H22N4O/c1-14-12-10-11(6-7-15-12)13(18)17(4)9-5-8-16(2)3/h6-7,10H,5,8-9H2,1-4H3,(H,14,15). The predicted octanol–water partition coefficient (Wildman–Crippen LogP) is 1.15. The molecule has 0 aliphatic carbocycles. The Morgan fingerprint density at radius 3 is 2.67 bits per heavy atom. The van der Waals surface area contributed by atoms with Gasteiger partial charge in [0.25, 0.3) is 5.91 Å². The summed E-state index contributed by atoms with van der Waals surface area (Å²) in [6.45, 7) is 1.74. The van der Waals surface area contributed by atoms with Crippen molar-refractivity contribution in [3.8, 4) is 0 Å². The second kappa shape index (κ2) is 6.96. The highest BCUT2D eigenvalue weighted by molar-refractivity contribution is 5.94. The van der Waals surface area contributed by atoms with Gasteiger partial charge < -0.3 is 15.1 Å². The first-order valence-corrected chi connectivity index (χ1v) is 6.08. The van der Waals surface area contributed by atoms with E-state index in [1.807, 2.05) is 21.1 Å². The molecule has 0 bridgehead atoms. The second-order valence-electron chi connectivity index (χ2n) is 4.56. The van der Waals surface area contributed by atoms with E-state index < -0.39 is 0 Å². The number of amides is 1. The van der Waals surface area contributed by atoms with E-state index in [2.05, 4.69) is 15.2 Å². The summed E-state index contributed by atoms with van der Waals surface area (Å²) in [5.74, 6) is 0.746. The van der Waals surface area contributed by atoms with Gasteiger partial charge in [-0.3, -0.25) is 4.79 Å². The van der Waals surface area contributed by atoms with Crippen molar-refractivity contribution in [2.24, 2.45) is 0 Å². The summed E-state index contributed by atoms with van der Waals surface area (Å²) in [6, 6.07) is 3.51. The van der Waals surface area contributed by atoms with Gasteiger partial charge in [0.05, 0.1) is 0 Å². The average molecular weight is 250 g/mol. The number of carbonyl (C=O) groups excluding carboxylic acids is 1. The molecule has 0 atom stereocenters. The number of rotatable bonds is 6. The monoisotopic (exact) mass is 250 g/mol. The summed E-state index contributed by atoms with van der Waals surface area (Å²) in [7, 11) is 7.68. The van der Waals surface area contributed by atoms with Crippen molar-refractivity contribution in [2.75, 3.05) is 46.6 Å². The first-order valence-electron chi connectivity index (χ1n) is 6.08. The number of nitrogens with zero attached hydrogens (tertiary/aromatic N) is 3. The number of anilines is 1. The Kier molecular flexibility index (Phi) is 5.58. The lowest BCUT2D eigenvalue weighted by molar-refractivity contribution is 0.0790. The third-order valence-electron chi connectivity index (χ3n) is 2.71. The van der Waals surface area contributed by atoms with Crippen molar-refractivity contribution in [1.29, 1.82) is 0 Å². The van der Waals surface area contributed by atoms with Crippen LogP contribution in [0.3, 0.4) is 0 Å². The molecule has 0 fully saturated rings. The molecule has 1 amide bonds. The lowest BCUT2D eigenvalue weighted by Gasteiger charge is -2.18. The number of aromatic nitrogens is 1. The molecule has 1 rings (SSSR count).